The molecular weight excluding hydrogens is 763 g/mol. The number of nitrogens with one attached hydrogen (secondary N) is 2. The zero-order chi connectivity index (χ0) is 43.5. The van der Waals surface area contributed by atoms with Gasteiger partial charge in [0.25, 0.3) is 5.91 Å². The van der Waals surface area contributed by atoms with Crippen LogP contribution in [0.15, 0.2) is 53.8 Å². The Kier molecular flexibility index (Phi) is 11.5. The number of ketones is 1. The van der Waals surface area contributed by atoms with E-state index in [9.17, 15) is 18.4 Å². The Morgan fingerprint density at radius 1 is 0.817 bits per heavy atom. The summed E-state index contributed by atoms with van der Waals surface area (Å²) in [4.78, 5) is 50.6. The molecule has 2 aliphatic carbocycles. The Bertz CT molecular complexity index is 2270. The standard InChI is InChI=1S/C48H62F2N6O4/c1-43(2,3)32(22-39(57)47(27-49,59-9)25-45(7)15-16-45)41-54-34-14-12-30(20-35(34)55-41)38-24-51-37(23-52-38)29-11-13-33-31(19-29)21-36(53-33)40(44(4,5)6)56-42(58)48(28-50,60-10)26-46(8)17-18-46/h11-14,19-20,23-24,32,40H,15-18,21-22,25-28H2,1-10H3,(H,54,55)(H,56,58)/t32-,40-,47?,48?/m1/s1. The number of H-pyrrole nitrogens is 1. The molecule has 1 aliphatic heterocycles. The Hall–Kier alpha value is -4.42. The maximum Gasteiger partial charge on any atom is 0.255 e. The number of benzene rings is 2. The van der Waals surface area contributed by atoms with Crippen molar-refractivity contribution in [3.63, 3.8) is 0 Å². The van der Waals surface area contributed by atoms with Crippen LogP contribution in [0.5, 0.6) is 0 Å². The summed E-state index contributed by atoms with van der Waals surface area (Å²) in [5.41, 5.74) is 3.48. The average molecular weight is 825 g/mol. The molecule has 0 saturated heterocycles. The molecule has 0 radical (unpaired) electrons. The summed E-state index contributed by atoms with van der Waals surface area (Å²) in [5, 5.41) is 3.15. The molecule has 2 saturated carbocycles. The van der Waals surface area contributed by atoms with Crippen LogP contribution in [-0.2, 0) is 25.5 Å². The Morgan fingerprint density at radius 2 is 1.38 bits per heavy atom. The van der Waals surface area contributed by atoms with Crippen molar-refractivity contribution in [3.05, 3.63) is 60.2 Å². The van der Waals surface area contributed by atoms with E-state index in [0.29, 0.717) is 36.5 Å². The zero-order valence-corrected chi connectivity index (χ0v) is 37.0. The van der Waals surface area contributed by atoms with Crippen LogP contribution in [-0.4, -0.2) is 82.2 Å². The van der Waals surface area contributed by atoms with E-state index in [1.807, 2.05) is 51.1 Å². The molecule has 12 heteroatoms. The van der Waals surface area contributed by atoms with Gasteiger partial charge in [-0.05, 0) is 90.0 Å². The number of fused-ring (bicyclic) bond motifs is 2. The molecule has 0 bridgehead atoms. The first-order valence-electron chi connectivity index (χ1n) is 21.3. The summed E-state index contributed by atoms with van der Waals surface area (Å²) in [7, 11) is 2.86. The molecule has 2 fully saturated rings. The number of hydrogen-bond acceptors (Lipinski definition) is 8. The van der Waals surface area contributed by atoms with Crippen LogP contribution in [0.4, 0.5) is 14.5 Å². The van der Waals surface area contributed by atoms with Crippen molar-refractivity contribution < 1.29 is 27.8 Å². The number of amides is 1. The highest BCUT2D eigenvalue weighted by Gasteiger charge is 2.52. The van der Waals surface area contributed by atoms with Crippen LogP contribution in [0.2, 0.25) is 0 Å². The molecule has 1 amide bonds. The first-order valence-corrected chi connectivity index (χ1v) is 21.3. The van der Waals surface area contributed by atoms with Crippen molar-refractivity contribution in [1.82, 2.24) is 25.3 Å². The molecule has 322 valence electrons. The predicted octanol–water partition coefficient (Wildman–Crippen LogP) is 10.0. The molecule has 3 heterocycles. The highest BCUT2D eigenvalue weighted by molar-refractivity contribution is 6.01. The number of nitrogens with zero attached hydrogens (tertiary/aromatic N) is 4. The van der Waals surface area contributed by atoms with Gasteiger partial charge >= 0.3 is 0 Å². The molecule has 60 heavy (non-hydrogen) atoms. The number of methoxy groups -OCH3 is 2. The number of halogens is 2. The van der Waals surface area contributed by atoms with Gasteiger partial charge in [0.05, 0.1) is 46.5 Å². The van der Waals surface area contributed by atoms with Crippen molar-refractivity contribution in [3.8, 4) is 22.5 Å². The van der Waals surface area contributed by atoms with E-state index >= 15 is 0 Å². The molecule has 2 N–H and O–H groups in total. The molecule has 7 rings (SSSR count). The summed E-state index contributed by atoms with van der Waals surface area (Å²) in [6.07, 6.45) is 8.72. The van der Waals surface area contributed by atoms with Gasteiger partial charge in [0.1, 0.15) is 19.2 Å². The number of rotatable bonds is 17. The molecule has 4 aromatic rings. The zero-order valence-electron chi connectivity index (χ0n) is 37.0. The molecule has 2 aromatic carbocycles. The first-order chi connectivity index (χ1) is 28.2. The number of aromatic nitrogens is 4. The highest BCUT2D eigenvalue weighted by Crippen LogP contribution is 2.53. The normalized spacial score (nSPS) is 19.8. The maximum atomic E-state index is 14.6. The van der Waals surface area contributed by atoms with Gasteiger partial charge in [-0.3, -0.25) is 24.5 Å². The highest BCUT2D eigenvalue weighted by atomic mass is 19.1. The van der Waals surface area contributed by atoms with E-state index in [1.165, 1.54) is 14.2 Å². The van der Waals surface area contributed by atoms with Crippen molar-refractivity contribution in [2.75, 3.05) is 27.6 Å². The number of carbonyl (C=O) groups is 2. The minimum Gasteiger partial charge on any atom is -0.368 e. The average Bonchev–Trinajstić information content (AvgIpc) is 4.01. The van der Waals surface area contributed by atoms with Crippen LogP contribution in [0.25, 0.3) is 33.5 Å². The van der Waals surface area contributed by atoms with Gasteiger partial charge in [-0.1, -0.05) is 67.5 Å². The van der Waals surface area contributed by atoms with Crippen molar-refractivity contribution in [2.24, 2.45) is 26.7 Å². The Balaban J connectivity index is 1.06. The van der Waals surface area contributed by atoms with Crippen LogP contribution in [0.3, 0.4) is 0 Å². The summed E-state index contributed by atoms with van der Waals surface area (Å²) >= 11 is 0. The van der Waals surface area contributed by atoms with Gasteiger partial charge in [-0.25, -0.2) is 13.8 Å². The number of carbonyl (C=O) groups excluding carboxylic acids is 2. The van der Waals surface area contributed by atoms with Crippen molar-refractivity contribution >= 4 is 34.1 Å². The quantitative estimate of drug-likeness (QED) is 0.108. The lowest BCUT2D eigenvalue weighted by Gasteiger charge is -2.37. The lowest BCUT2D eigenvalue weighted by atomic mass is 9.74. The number of aliphatic imine (C=N–C) groups is 1. The van der Waals surface area contributed by atoms with Gasteiger partial charge in [0.15, 0.2) is 17.0 Å². The monoisotopic (exact) mass is 824 g/mol. The first kappa shape index (κ1) is 43.7. The fourth-order valence-electron chi connectivity index (χ4n) is 8.81. The van der Waals surface area contributed by atoms with E-state index in [-0.39, 0.29) is 34.4 Å². The summed E-state index contributed by atoms with van der Waals surface area (Å²) in [6.45, 7) is 14.8. The molecule has 4 atom stereocenters. The Labute approximate surface area is 353 Å². The van der Waals surface area contributed by atoms with Gasteiger partial charge < -0.3 is 19.8 Å². The lowest BCUT2D eigenvalue weighted by molar-refractivity contribution is -0.149. The Morgan fingerprint density at radius 3 is 1.90 bits per heavy atom. The van der Waals surface area contributed by atoms with E-state index in [4.69, 9.17) is 29.4 Å². The molecule has 0 spiro atoms. The summed E-state index contributed by atoms with van der Waals surface area (Å²) in [6, 6.07) is 11.4. The smallest absolute Gasteiger partial charge is 0.255 e. The molecule has 10 nitrogen and oxygen atoms in total. The van der Waals surface area contributed by atoms with E-state index in [2.05, 4.69) is 51.0 Å². The fourth-order valence-corrected chi connectivity index (χ4v) is 8.81. The molecule has 2 unspecified atom stereocenters. The number of imidazole rings is 1. The summed E-state index contributed by atoms with van der Waals surface area (Å²) in [5.74, 6) is -0.285. The predicted molar refractivity (Wildman–Crippen MR) is 232 cm³/mol. The van der Waals surface area contributed by atoms with Crippen LogP contribution >= 0.6 is 0 Å². The largest absolute Gasteiger partial charge is 0.368 e. The fraction of sp³-hybridized carbons (Fsp3) is 0.583. The minimum atomic E-state index is -1.54. The van der Waals surface area contributed by atoms with Gasteiger partial charge in [-0.15, -0.1) is 0 Å². The molecule has 2 aromatic heterocycles. The van der Waals surface area contributed by atoms with E-state index in [0.717, 1.165) is 64.8 Å². The van der Waals surface area contributed by atoms with Gasteiger partial charge in [0, 0.05) is 49.8 Å². The van der Waals surface area contributed by atoms with Crippen LogP contribution < -0.4 is 5.32 Å². The number of hydrogen-bond donors (Lipinski definition) is 2. The number of alkyl halides is 2. The summed E-state index contributed by atoms with van der Waals surface area (Å²) < 4.78 is 40.5. The third kappa shape index (κ3) is 8.82. The van der Waals surface area contributed by atoms with Crippen LogP contribution in [0, 0.1) is 21.7 Å². The molecular formula is C48H62F2N6O4. The van der Waals surface area contributed by atoms with Gasteiger partial charge in [-0.2, -0.15) is 0 Å². The molecule has 3 aliphatic rings. The maximum absolute atomic E-state index is 14.6. The minimum absolute atomic E-state index is 0.0601. The van der Waals surface area contributed by atoms with Gasteiger partial charge in [0.2, 0.25) is 0 Å². The second-order valence-electron chi connectivity index (χ2n) is 20.7. The lowest BCUT2D eigenvalue weighted by Crippen LogP contribution is -2.58. The van der Waals surface area contributed by atoms with Crippen molar-refractivity contribution in [2.45, 2.75) is 130 Å². The van der Waals surface area contributed by atoms with Crippen molar-refractivity contribution in [1.29, 1.82) is 0 Å². The SMILES string of the molecule is COC(CF)(CC1(C)CC1)C(=O)C[C@H](c1nc2ccc(-c3cnc(-c4ccc5c(c4)CC([C@@H](NC(=O)C(CF)(CC4(C)CC4)OC)C(C)(C)C)=N5)cn3)cc2[nH]1)C(C)(C)C. The van der Waals surface area contributed by atoms with E-state index < -0.39 is 41.9 Å². The second-order valence-corrected chi connectivity index (χ2v) is 20.7. The second kappa shape index (κ2) is 15.8. The topological polar surface area (TPSA) is 131 Å². The van der Waals surface area contributed by atoms with E-state index in [1.54, 1.807) is 12.4 Å². The third-order valence-corrected chi connectivity index (χ3v) is 13.5. The number of Topliss-reactive ketones (excluding diaryl/α,β-unsaturated/α-hetero) is 1. The third-order valence-electron chi connectivity index (χ3n) is 13.5. The number of ether oxygens (including phenoxy) is 2. The van der Waals surface area contributed by atoms with Crippen LogP contribution in [0.1, 0.15) is 118 Å². The number of aromatic amines is 1.